The Hall–Kier alpha value is -0.900. The van der Waals surface area contributed by atoms with Crippen molar-refractivity contribution in [3.63, 3.8) is 0 Å². The van der Waals surface area contributed by atoms with Crippen molar-refractivity contribution in [1.82, 2.24) is 0 Å². The van der Waals surface area contributed by atoms with E-state index in [2.05, 4.69) is 32.6 Å². The van der Waals surface area contributed by atoms with Crippen molar-refractivity contribution in [3.8, 4) is 0 Å². The summed E-state index contributed by atoms with van der Waals surface area (Å²) in [6.45, 7) is 13.1. The van der Waals surface area contributed by atoms with E-state index in [-0.39, 0.29) is 18.6 Å². The van der Waals surface area contributed by atoms with Crippen LogP contribution in [0.1, 0.15) is 91.9 Å². The largest absolute Gasteiger partial charge is 0.396 e. The molecule has 0 heterocycles. The standard InChI is InChI=1S/C28H46O3/c1-19(8-6-14-27(3,4)31)25-12-13-26-21(9-7-15-28(25,26)5)10-11-22-16-24(30)17-23(18-29)20(22)2/h10-11,19,23-26,29-31H,2,6-9,12-18H2,1,3-5H3/b21-10+,22-11-/t19-,23+,24-,25-,26+,28-/m1/s1. The van der Waals surface area contributed by atoms with E-state index in [0.29, 0.717) is 30.1 Å². The minimum atomic E-state index is -0.554. The quantitative estimate of drug-likeness (QED) is 0.467. The van der Waals surface area contributed by atoms with E-state index >= 15 is 0 Å². The van der Waals surface area contributed by atoms with E-state index < -0.39 is 5.60 Å². The van der Waals surface area contributed by atoms with Gasteiger partial charge in [-0.15, -0.1) is 0 Å². The van der Waals surface area contributed by atoms with Crippen LogP contribution in [0.3, 0.4) is 0 Å². The summed E-state index contributed by atoms with van der Waals surface area (Å²) in [5.41, 5.74) is 3.54. The molecule has 3 aliphatic carbocycles. The van der Waals surface area contributed by atoms with Crippen LogP contribution >= 0.6 is 0 Å². The molecule has 0 saturated heterocycles. The van der Waals surface area contributed by atoms with Gasteiger partial charge in [-0.05, 0) is 99.5 Å². The normalized spacial score (nSPS) is 38.0. The fourth-order valence-corrected chi connectivity index (χ4v) is 7.04. The molecule has 3 heteroatoms. The fraction of sp³-hybridized carbons (Fsp3) is 0.786. The number of fused-ring (bicyclic) bond motifs is 1. The Labute approximate surface area is 190 Å². The fourth-order valence-electron chi connectivity index (χ4n) is 7.04. The van der Waals surface area contributed by atoms with Crippen LogP contribution in [0.2, 0.25) is 0 Å². The Morgan fingerprint density at radius 1 is 1.26 bits per heavy atom. The lowest BCUT2D eigenvalue weighted by Crippen LogP contribution is -2.36. The molecule has 6 atom stereocenters. The lowest BCUT2D eigenvalue weighted by Gasteiger charge is -2.44. The van der Waals surface area contributed by atoms with Crippen LogP contribution in [0.5, 0.6) is 0 Å². The highest BCUT2D eigenvalue weighted by atomic mass is 16.3. The molecule has 0 aromatic carbocycles. The molecule has 3 rings (SSSR count). The first-order valence-corrected chi connectivity index (χ1v) is 12.6. The maximum absolute atomic E-state index is 10.2. The lowest BCUT2D eigenvalue weighted by molar-refractivity contribution is 0.0596. The molecule has 0 bridgehead atoms. The number of hydrogen-bond donors (Lipinski definition) is 3. The lowest BCUT2D eigenvalue weighted by atomic mass is 9.60. The van der Waals surface area contributed by atoms with Gasteiger partial charge in [0.1, 0.15) is 0 Å². The molecule has 3 nitrogen and oxygen atoms in total. The first kappa shape index (κ1) is 24.7. The Morgan fingerprint density at radius 3 is 2.68 bits per heavy atom. The van der Waals surface area contributed by atoms with E-state index in [9.17, 15) is 15.3 Å². The molecule has 3 N–H and O–H groups in total. The molecule has 0 unspecified atom stereocenters. The summed E-state index contributed by atoms with van der Waals surface area (Å²) in [7, 11) is 0. The first-order chi connectivity index (χ1) is 14.5. The zero-order valence-corrected chi connectivity index (χ0v) is 20.4. The Balaban J connectivity index is 1.71. The summed E-state index contributed by atoms with van der Waals surface area (Å²) >= 11 is 0. The smallest absolute Gasteiger partial charge is 0.0591 e. The molecular formula is C28H46O3. The minimum absolute atomic E-state index is 0.00868. The van der Waals surface area contributed by atoms with Crippen molar-refractivity contribution in [1.29, 1.82) is 0 Å². The van der Waals surface area contributed by atoms with Crippen molar-refractivity contribution in [2.75, 3.05) is 6.61 Å². The second-order valence-corrected chi connectivity index (χ2v) is 11.7. The van der Waals surface area contributed by atoms with Crippen LogP contribution in [0.25, 0.3) is 0 Å². The van der Waals surface area contributed by atoms with E-state index in [1.807, 2.05) is 13.8 Å². The van der Waals surface area contributed by atoms with Crippen molar-refractivity contribution in [2.45, 2.75) is 104 Å². The maximum atomic E-state index is 10.2. The predicted octanol–water partition coefficient (Wildman–Crippen LogP) is 5.95. The molecule has 0 aromatic rings. The van der Waals surface area contributed by atoms with Gasteiger partial charge in [0.15, 0.2) is 0 Å². The summed E-state index contributed by atoms with van der Waals surface area (Å²) in [5.74, 6) is 2.12. The van der Waals surface area contributed by atoms with E-state index in [1.165, 1.54) is 38.5 Å². The van der Waals surface area contributed by atoms with Gasteiger partial charge in [-0.2, -0.15) is 0 Å². The van der Waals surface area contributed by atoms with Gasteiger partial charge in [0.2, 0.25) is 0 Å². The maximum Gasteiger partial charge on any atom is 0.0591 e. The SMILES string of the molecule is C=C1/C(=C\C=C2/CCC[C@]3(C)[C@@H]([C@H](C)CCCC(C)(C)O)CC[C@@H]23)C[C@@H](O)C[C@H]1CO. The van der Waals surface area contributed by atoms with E-state index in [4.69, 9.17) is 0 Å². The Morgan fingerprint density at radius 2 is 2.00 bits per heavy atom. The molecule has 176 valence electrons. The molecule has 0 aromatic heterocycles. The highest BCUT2D eigenvalue weighted by molar-refractivity contribution is 5.38. The number of aliphatic hydroxyl groups is 3. The second kappa shape index (κ2) is 9.93. The van der Waals surface area contributed by atoms with Crippen LogP contribution in [0, 0.1) is 29.1 Å². The van der Waals surface area contributed by atoms with Crippen molar-refractivity contribution in [3.05, 3.63) is 35.5 Å². The Bertz CT molecular complexity index is 698. The average Bonchev–Trinajstić information content (AvgIpc) is 3.04. The van der Waals surface area contributed by atoms with Gasteiger partial charge in [0, 0.05) is 5.92 Å². The summed E-state index contributed by atoms with van der Waals surface area (Å²) in [5, 5.41) is 29.9. The zero-order chi connectivity index (χ0) is 22.8. The second-order valence-electron chi connectivity index (χ2n) is 11.7. The van der Waals surface area contributed by atoms with Crippen LogP contribution in [0.15, 0.2) is 35.5 Å². The van der Waals surface area contributed by atoms with Crippen LogP contribution in [-0.2, 0) is 0 Å². The molecule has 3 fully saturated rings. The Kier molecular flexibility index (Phi) is 7.92. The molecule has 0 spiro atoms. The molecule has 0 aliphatic heterocycles. The van der Waals surface area contributed by atoms with Crippen molar-refractivity contribution in [2.24, 2.45) is 29.1 Å². The van der Waals surface area contributed by atoms with Gasteiger partial charge in [-0.3, -0.25) is 0 Å². The number of rotatable bonds is 7. The molecule has 3 saturated carbocycles. The van der Waals surface area contributed by atoms with Crippen LogP contribution in [0.4, 0.5) is 0 Å². The van der Waals surface area contributed by atoms with Gasteiger partial charge in [-0.1, -0.05) is 51.0 Å². The third-order valence-electron chi connectivity index (χ3n) is 8.81. The topological polar surface area (TPSA) is 60.7 Å². The number of hydrogen-bond acceptors (Lipinski definition) is 3. The van der Waals surface area contributed by atoms with Crippen LogP contribution in [-0.4, -0.2) is 33.6 Å². The molecular weight excluding hydrogens is 384 g/mol. The third-order valence-corrected chi connectivity index (χ3v) is 8.81. The predicted molar refractivity (Wildman–Crippen MR) is 129 cm³/mol. The summed E-state index contributed by atoms with van der Waals surface area (Å²) in [6.07, 6.45) is 15.0. The molecule has 3 aliphatic rings. The minimum Gasteiger partial charge on any atom is -0.396 e. The van der Waals surface area contributed by atoms with E-state index in [1.54, 1.807) is 5.57 Å². The summed E-state index contributed by atoms with van der Waals surface area (Å²) < 4.78 is 0. The van der Waals surface area contributed by atoms with E-state index in [0.717, 1.165) is 29.9 Å². The third kappa shape index (κ3) is 5.72. The monoisotopic (exact) mass is 430 g/mol. The van der Waals surface area contributed by atoms with Gasteiger partial charge in [-0.25, -0.2) is 0 Å². The number of allylic oxidation sites excluding steroid dienone is 3. The number of aliphatic hydroxyl groups excluding tert-OH is 2. The van der Waals surface area contributed by atoms with Gasteiger partial charge in [0.25, 0.3) is 0 Å². The highest BCUT2D eigenvalue weighted by Gasteiger charge is 2.50. The van der Waals surface area contributed by atoms with Crippen molar-refractivity contribution >= 4 is 0 Å². The summed E-state index contributed by atoms with van der Waals surface area (Å²) in [4.78, 5) is 0. The van der Waals surface area contributed by atoms with Gasteiger partial charge < -0.3 is 15.3 Å². The molecule has 0 amide bonds. The first-order valence-electron chi connectivity index (χ1n) is 12.6. The van der Waals surface area contributed by atoms with Crippen molar-refractivity contribution < 1.29 is 15.3 Å². The highest BCUT2D eigenvalue weighted by Crippen LogP contribution is 2.60. The molecule has 0 radical (unpaired) electrons. The van der Waals surface area contributed by atoms with Crippen LogP contribution < -0.4 is 0 Å². The van der Waals surface area contributed by atoms with Gasteiger partial charge in [0.05, 0.1) is 18.3 Å². The molecule has 31 heavy (non-hydrogen) atoms. The zero-order valence-electron chi connectivity index (χ0n) is 20.4. The summed E-state index contributed by atoms with van der Waals surface area (Å²) in [6, 6.07) is 0. The average molecular weight is 431 g/mol. The van der Waals surface area contributed by atoms with Gasteiger partial charge >= 0.3 is 0 Å².